The Morgan fingerprint density at radius 2 is 2.00 bits per heavy atom. The molecule has 0 aliphatic heterocycles. The van der Waals surface area contributed by atoms with Gasteiger partial charge >= 0.3 is 0 Å². The second-order valence-electron chi connectivity index (χ2n) is 6.34. The van der Waals surface area contributed by atoms with Gasteiger partial charge in [-0.15, -0.1) is 0 Å². The van der Waals surface area contributed by atoms with Gasteiger partial charge < -0.3 is 10.1 Å². The topological polar surface area (TPSA) is 38.3 Å². The summed E-state index contributed by atoms with van der Waals surface area (Å²) in [5, 5.41) is 2.93. The van der Waals surface area contributed by atoms with Crippen molar-refractivity contribution in [1.29, 1.82) is 0 Å². The molecule has 1 aromatic rings. The van der Waals surface area contributed by atoms with Crippen LogP contribution in [0.4, 0.5) is 0 Å². The van der Waals surface area contributed by atoms with E-state index in [1.54, 1.807) is 7.11 Å². The molecule has 22 heavy (non-hydrogen) atoms. The van der Waals surface area contributed by atoms with Crippen LogP contribution in [0.3, 0.4) is 0 Å². The number of carbonyl (C=O) groups is 1. The van der Waals surface area contributed by atoms with Crippen molar-refractivity contribution in [2.24, 2.45) is 5.92 Å². The molecule has 3 heteroatoms. The molecule has 1 aliphatic carbocycles. The van der Waals surface area contributed by atoms with Crippen LogP contribution in [0.15, 0.2) is 24.3 Å². The number of allylic oxidation sites excluding steroid dienone is 1. The molecule has 1 aromatic carbocycles. The van der Waals surface area contributed by atoms with Gasteiger partial charge in [-0.05, 0) is 50.8 Å². The summed E-state index contributed by atoms with van der Waals surface area (Å²) in [6.45, 7) is 3.93. The molecule has 1 N–H and O–H groups in total. The van der Waals surface area contributed by atoms with E-state index in [2.05, 4.69) is 17.5 Å². The van der Waals surface area contributed by atoms with Crippen molar-refractivity contribution in [3.05, 3.63) is 35.4 Å². The van der Waals surface area contributed by atoms with Crippen LogP contribution in [-0.4, -0.2) is 19.1 Å². The fourth-order valence-electron chi connectivity index (χ4n) is 2.92. The lowest BCUT2D eigenvalue weighted by Gasteiger charge is -2.18. The Morgan fingerprint density at radius 3 is 2.64 bits per heavy atom. The molecule has 2 rings (SSSR count). The van der Waals surface area contributed by atoms with Gasteiger partial charge in [0.2, 0.25) is 0 Å². The lowest BCUT2D eigenvalue weighted by Crippen LogP contribution is -2.30. The van der Waals surface area contributed by atoms with Gasteiger partial charge in [0.25, 0.3) is 5.91 Å². The summed E-state index contributed by atoms with van der Waals surface area (Å²) in [5.41, 5.74) is 1.65. The minimum Gasteiger partial charge on any atom is -0.496 e. The Morgan fingerprint density at radius 1 is 1.27 bits per heavy atom. The largest absolute Gasteiger partial charge is 0.496 e. The predicted octanol–water partition coefficient (Wildman–Crippen LogP) is 4.43. The van der Waals surface area contributed by atoms with E-state index in [0.717, 1.165) is 11.3 Å². The highest BCUT2D eigenvalue weighted by Gasteiger charge is 2.12. The van der Waals surface area contributed by atoms with Crippen molar-refractivity contribution in [2.45, 2.75) is 52.0 Å². The zero-order valence-electron chi connectivity index (χ0n) is 13.9. The van der Waals surface area contributed by atoms with E-state index in [-0.39, 0.29) is 11.9 Å². The van der Waals surface area contributed by atoms with Crippen molar-refractivity contribution >= 4 is 12.0 Å². The van der Waals surface area contributed by atoms with E-state index in [1.807, 2.05) is 32.0 Å². The summed E-state index contributed by atoms with van der Waals surface area (Å²) in [7, 11) is 1.67. The molecule has 120 valence electrons. The predicted molar refractivity (Wildman–Crippen MR) is 91.2 cm³/mol. The highest BCUT2D eigenvalue weighted by atomic mass is 16.5. The molecule has 0 bridgehead atoms. The monoisotopic (exact) mass is 301 g/mol. The van der Waals surface area contributed by atoms with Crippen molar-refractivity contribution in [3.63, 3.8) is 0 Å². The average Bonchev–Trinajstić information content (AvgIpc) is 2.53. The molecule has 1 amide bonds. The van der Waals surface area contributed by atoms with Gasteiger partial charge in [0, 0.05) is 17.2 Å². The Balaban J connectivity index is 2.16. The van der Waals surface area contributed by atoms with Gasteiger partial charge in [0.05, 0.1) is 7.11 Å². The lowest BCUT2D eigenvalue weighted by atomic mass is 9.88. The summed E-state index contributed by atoms with van der Waals surface area (Å²) in [6.07, 6.45) is 10.9. The summed E-state index contributed by atoms with van der Waals surface area (Å²) in [6, 6.07) is 5.73. The molecular formula is C19H27NO2. The number of hydrogen-bond donors (Lipinski definition) is 1. The van der Waals surface area contributed by atoms with Crippen LogP contribution in [0.25, 0.3) is 6.08 Å². The first-order valence-corrected chi connectivity index (χ1v) is 8.27. The third kappa shape index (κ3) is 4.62. The van der Waals surface area contributed by atoms with Crippen LogP contribution in [0.5, 0.6) is 5.75 Å². The fraction of sp³-hybridized carbons (Fsp3) is 0.526. The fourth-order valence-corrected chi connectivity index (χ4v) is 2.92. The van der Waals surface area contributed by atoms with Gasteiger partial charge in [-0.3, -0.25) is 4.79 Å². The summed E-state index contributed by atoms with van der Waals surface area (Å²) in [4.78, 5) is 12.1. The maximum atomic E-state index is 12.1. The minimum absolute atomic E-state index is 0.0371. The van der Waals surface area contributed by atoms with E-state index < -0.39 is 0 Å². The first-order chi connectivity index (χ1) is 10.6. The number of carbonyl (C=O) groups excluding carboxylic acids is 1. The Kier molecular flexibility index (Phi) is 6.05. The third-order valence-corrected chi connectivity index (χ3v) is 4.11. The molecule has 0 atom stereocenters. The quantitative estimate of drug-likeness (QED) is 0.874. The number of methoxy groups -OCH3 is 1. The van der Waals surface area contributed by atoms with E-state index in [0.29, 0.717) is 11.5 Å². The van der Waals surface area contributed by atoms with E-state index in [4.69, 9.17) is 4.74 Å². The molecule has 0 radical (unpaired) electrons. The Hall–Kier alpha value is -1.77. The summed E-state index contributed by atoms with van der Waals surface area (Å²) >= 11 is 0. The number of ether oxygens (including phenoxy) is 1. The van der Waals surface area contributed by atoms with Crippen LogP contribution in [0.2, 0.25) is 0 Å². The van der Waals surface area contributed by atoms with Crippen molar-refractivity contribution in [1.82, 2.24) is 5.32 Å². The van der Waals surface area contributed by atoms with Crippen LogP contribution < -0.4 is 10.1 Å². The van der Waals surface area contributed by atoms with Gasteiger partial charge in [-0.1, -0.05) is 31.4 Å². The van der Waals surface area contributed by atoms with E-state index >= 15 is 0 Å². The number of rotatable bonds is 5. The summed E-state index contributed by atoms with van der Waals surface area (Å²) < 4.78 is 5.42. The molecular weight excluding hydrogens is 274 g/mol. The van der Waals surface area contributed by atoms with Crippen LogP contribution in [0, 0.1) is 5.92 Å². The third-order valence-electron chi connectivity index (χ3n) is 4.11. The molecule has 1 saturated carbocycles. The lowest BCUT2D eigenvalue weighted by molar-refractivity contribution is 0.0943. The maximum absolute atomic E-state index is 12.1. The first-order valence-electron chi connectivity index (χ1n) is 8.27. The smallest absolute Gasteiger partial charge is 0.251 e. The number of nitrogens with one attached hydrogen (secondary N) is 1. The van der Waals surface area contributed by atoms with Gasteiger partial charge in [-0.2, -0.15) is 0 Å². The van der Waals surface area contributed by atoms with E-state index in [1.165, 1.54) is 32.1 Å². The highest BCUT2D eigenvalue weighted by molar-refractivity contribution is 5.95. The van der Waals surface area contributed by atoms with Crippen molar-refractivity contribution < 1.29 is 9.53 Å². The molecule has 1 fully saturated rings. The molecule has 3 nitrogen and oxygen atoms in total. The Bertz CT molecular complexity index is 528. The van der Waals surface area contributed by atoms with Gasteiger partial charge in [0.15, 0.2) is 0 Å². The first kappa shape index (κ1) is 16.6. The molecule has 0 heterocycles. The normalized spacial score (nSPS) is 16.2. The molecule has 0 spiro atoms. The Labute approximate surface area is 133 Å². The zero-order valence-corrected chi connectivity index (χ0v) is 13.9. The van der Waals surface area contributed by atoms with Crippen molar-refractivity contribution in [2.75, 3.05) is 7.11 Å². The minimum atomic E-state index is -0.0371. The molecule has 0 saturated heterocycles. The average molecular weight is 301 g/mol. The number of benzene rings is 1. The highest BCUT2D eigenvalue weighted by Crippen LogP contribution is 2.27. The summed E-state index contributed by atoms with van der Waals surface area (Å²) in [5.74, 6) is 1.43. The number of hydrogen-bond acceptors (Lipinski definition) is 2. The number of amides is 1. The second-order valence-corrected chi connectivity index (χ2v) is 6.34. The van der Waals surface area contributed by atoms with Crippen LogP contribution in [-0.2, 0) is 0 Å². The van der Waals surface area contributed by atoms with Gasteiger partial charge in [0.1, 0.15) is 5.75 Å². The van der Waals surface area contributed by atoms with Crippen LogP contribution in [0.1, 0.15) is 61.9 Å². The standard InChI is InChI=1S/C19H27NO2/c1-14(2)20-19(21)17-11-12-18(22-3)16(13-17)10-9-15-7-5-4-6-8-15/h9-15H,4-8H2,1-3H3,(H,20,21)/b10-9+. The maximum Gasteiger partial charge on any atom is 0.251 e. The zero-order chi connectivity index (χ0) is 15.9. The molecule has 0 aromatic heterocycles. The van der Waals surface area contributed by atoms with Crippen LogP contribution >= 0.6 is 0 Å². The molecule has 1 aliphatic rings. The van der Waals surface area contributed by atoms with E-state index in [9.17, 15) is 4.79 Å². The molecule has 0 unspecified atom stereocenters. The second kappa shape index (κ2) is 8.02. The van der Waals surface area contributed by atoms with Crippen molar-refractivity contribution in [3.8, 4) is 5.75 Å². The van der Waals surface area contributed by atoms with Gasteiger partial charge in [-0.25, -0.2) is 0 Å². The SMILES string of the molecule is COc1ccc(C(=O)NC(C)C)cc1/C=C/C1CCCCC1.